The van der Waals surface area contributed by atoms with E-state index >= 15 is 0 Å². The maximum absolute atomic E-state index is 12.0. The highest BCUT2D eigenvalue weighted by molar-refractivity contribution is 5.95. The number of hydrogen-bond donors (Lipinski definition) is 0. The van der Waals surface area contributed by atoms with E-state index in [0.717, 1.165) is 28.9 Å². The van der Waals surface area contributed by atoms with Gasteiger partial charge in [-0.1, -0.05) is 42.5 Å². The average Bonchev–Trinajstić information content (AvgIpc) is 3.03. The van der Waals surface area contributed by atoms with E-state index in [0.29, 0.717) is 17.8 Å². The summed E-state index contributed by atoms with van der Waals surface area (Å²) in [5.41, 5.74) is 5.10. The molecular weight excluding hydrogens is 314 g/mol. The van der Waals surface area contributed by atoms with E-state index in [1.165, 1.54) is 6.20 Å². The fourth-order valence-corrected chi connectivity index (χ4v) is 2.84. The molecule has 0 saturated heterocycles. The summed E-state index contributed by atoms with van der Waals surface area (Å²) in [4.78, 5) is 16.6. The van der Waals surface area contributed by atoms with E-state index in [1.54, 1.807) is 11.4 Å². The monoisotopic (exact) mass is 335 g/mol. The predicted molar refractivity (Wildman–Crippen MR) is 97.6 cm³/mol. The van der Waals surface area contributed by atoms with Crippen molar-refractivity contribution in [2.45, 2.75) is 27.2 Å². The summed E-state index contributed by atoms with van der Waals surface area (Å²) >= 11 is 0. The van der Waals surface area contributed by atoms with Crippen molar-refractivity contribution in [3.63, 3.8) is 0 Å². The van der Waals surface area contributed by atoms with Crippen LogP contribution in [0.15, 0.2) is 42.6 Å². The Hall–Kier alpha value is -2.95. The quantitative estimate of drug-likeness (QED) is 0.666. The number of allylic oxidation sites excluding steroid dienone is 1. The van der Waals surface area contributed by atoms with Gasteiger partial charge in [0, 0.05) is 11.4 Å². The second-order valence-corrected chi connectivity index (χ2v) is 5.79. The van der Waals surface area contributed by atoms with Crippen molar-refractivity contribution >= 4 is 17.7 Å². The Morgan fingerprint density at radius 2 is 2.00 bits per heavy atom. The minimum atomic E-state index is -0.388. The highest BCUT2D eigenvalue weighted by Crippen LogP contribution is 2.19. The second-order valence-electron chi connectivity index (χ2n) is 5.79. The number of fused-ring (bicyclic) bond motifs is 1. The molecule has 1 aromatic carbocycles. The van der Waals surface area contributed by atoms with Gasteiger partial charge in [0.1, 0.15) is 5.56 Å². The summed E-state index contributed by atoms with van der Waals surface area (Å²) in [6.45, 7) is 6.07. The molecule has 0 spiro atoms. The molecule has 128 valence electrons. The average molecular weight is 335 g/mol. The lowest BCUT2D eigenvalue weighted by Gasteiger charge is -2.09. The minimum Gasteiger partial charge on any atom is -0.462 e. The largest absolute Gasteiger partial charge is 0.462 e. The maximum atomic E-state index is 12.0. The van der Waals surface area contributed by atoms with Gasteiger partial charge in [-0.2, -0.15) is 5.10 Å². The van der Waals surface area contributed by atoms with Crippen LogP contribution >= 0.6 is 0 Å². The molecule has 0 fully saturated rings. The molecule has 0 N–H and O–H groups in total. The first kappa shape index (κ1) is 16.9. The first-order valence-electron chi connectivity index (χ1n) is 8.34. The summed E-state index contributed by atoms with van der Waals surface area (Å²) in [7, 11) is 0. The van der Waals surface area contributed by atoms with Gasteiger partial charge in [0.2, 0.25) is 0 Å². The summed E-state index contributed by atoms with van der Waals surface area (Å²) < 4.78 is 6.79. The summed E-state index contributed by atoms with van der Waals surface area (Å²) in [6.07, 6.45) is 6.49. The van der Waals surface area contributed by atoms with Crippen LogP contribution in [0.4, 0.5) is 0 Å². The van der Waals surface area contributed by atoms with Gasteiger partial charge in [-0.05, 0) is 38.3 Å². The standard InChI is InChI=1S/C20H21N3O2/c1-4-25-20(24)18-13-21-23-15(3)17(14(2)22-19(18)23)12-8-11-16-9-6-5-7-10-16/h5-11,13H,4,12H2,1-3H3. The zero-order valence-electron chi connectivity index (χ0n) is 14.7. The second kappa shape index (κ2) is 7.30. The molecule has 5 nitrogen and oxygen atoms in total. The molecular formula is C20H21N3O2. The van der Waals surface area contributed by atoms with Crippen LogP contribution in [0.3, 0.4) is 0 Å². The number of benzene rings is 1. The Morgan fingerprint density at radius 1 is 1.24 bits per heavy atom. The van der Waals surface area contributed by atoms with Gasteiger partial charge < -0.3 is 4.74 Å². The molecule has 0 aliphatic heterocycles. The number of hydrogen-bond acceptors (Lipinski definition) is 4. The van der Waals surface area contributed by atoms with Gasteiger partial charge in [0.05, 0.1) is 12.8 Å². The molecule has 0 aliphatic carbocycles. The van der Waals surface area contributed by atoms with Gasteiger partial charge >= 0.3 is 5.97 Å². The van der Waals surface area contributed by atoms with E-state index in [9.17, 15) is 4.79 Å². The molecule has 0 radical (unpaired) electrons. The van der Waals surface area contributed by atoms with E-state index in [-0.39, 0.29) is 5.97 Å². The maximum Gasteiger partial charge on any atom is 0.343 e. The molecule has 3 aromatic rings. The lowest BCUT2D eigenvalue weighted by molar-refractivity contribution is 0.0528. The number of rotatable bonds is 5. The highest BCUT2D eigenvalue weighted by Gasteiger charge is 2.18. The zero-order chi connectivity index (χ0) is 17.8. The Labute approximate surface area is 147 Å². The van der Waals surface area contributed by atoms with Crippen molar-refractivity contribution in [2.75, 3.05) is 6.61 Å². The Balaban J connectivity index is 1.92. The van der Waals surface area contributed by atoms with Crippen LogP contribution in [0, 0.1) is 13.8 Å². The van der Waals surface area contributed by atoms with Crippen LogP contribution in [0.2, 0.25) is 0 Å². The van der Waals surface area contributed by atoms with Gasteiger partial charge in [-0.15, -0.1) is 0 Å². The smallest absolute Gasteiger partial charge is 0.343 e. The Kier molecular flexibility index (Phi) is 4.93. The third-order valence-corrected chi connectivity index (χ3v) is 4.14. The van der Waals surface area contributed by atoms with Crippen molar-refractivity contribution < 1.29 is 9.53 Å². The fourth-order valence-electron chi connectivity index (χ4n) is 2.84. The molecule has 0 aliphatic rings. The number of ether oxygens (including phenoxy) is 1. The minimum absolute atomic E-state index is 0.330. The van der Waals surface area contributed by atoms with Crippen LogP contribution < -0.4 is 0 Å². The van der Waals surface area contributed by atoms with Crippen molar-refractivity contribution in [2.24, 2.45) is 0 Å². The van der Waals surface area contributed by atoms with Crippen LogP contribution in [-0.2, 0) is 11.2 Å². The molecule has 3 rings (SSSR count). The van der Waals surface area contributed by atoms with Gasteiger partial charge in [-0.3, -0.25) is 0 Å². The summed E-state index contributed by atoms with van der Waals surface area (Å²) in [6, 6.07) is 10.2. The highest BCUT2D eigenvalue weighted by atomic mass is 16.5. The number of aryl methyl sites for hydroxylation is 2. The lowest BCUT2D eigenvalue weighted by atomic mass is 10.1. The molecule has 0 unspecified atom stereocenters. The van der Waals surface area contributed by atoms with Gasteiger partial charge in [0.15, 0.2) is 5.65 Å². The van der Waals surface area contributed by atoms with Gasteiger partial charge in [0.25, 0.3) is 0 Å². The zero-order valence-corrected chi connectivity index (χ0v) is 14.7. The van der Waals surface area contributed by atoms with Crippen molar-refractivity contribution in [1.29, 1.82) is 0 Å². The molecule has 0 atom stereocenters. The molecule has 25 heavy (non-hydrogen) atoms. The topological polar surface area (TPSA) is 56.5 Å². The van der Waals surface area contributed by atoms with Crippen molar-refractivity contribution in [3.05, 3.63) is 70.7 Å². The molecule has 5 heteroatoms. The number of carbonyl (C=O) groups is 1. The fraction of sp³-hybridized carbons (Fsp3) is 0.250. The van der Waals surface area contributed by atoms with E-state index < -0.39 is 0 Å². The van der Waals surface area contributed by atoms with E-state index in [1.807, 2.05) is 32.0 Å². The van der Waals surface area contributed by atoms with Crippen molar-refractivity contribution in [1.82, 2.24) is 14.6 Å². The SMILES string of the molecule is CCOC(=O)c1cnn2c(C)c(CC=Cc3ccccc3)c(C)nc12. The normalized spacial score (nSPS) is 11.3. The van der Waals surface area contributed by atoms with Crippen LogP contribution in [0.1, 0.15) is 39.8 Å². The molecule has 0 bridgehead atoms. The predicted octanol–water partition coefficient (Wildman–Crippen LogP) is 3.78. The third-order valence-electron chi connectivity index (χ3n) is 4.14. The third kappa shape index (κ3) is 3.45. The summed E-state index contributed by atoms with van der Waals surface area (Å²) in [5, 5.41) is 4.32. The van der Waals surface area contributed by atoms with Crippen molar-refractivity contribution in [3.8, 4) is 0 Å². The van der Waals surface area contributed by atoms with Crippen LogP contribution in [0.5, 0.6) is 0 Å². The molecule has 0 amide bonds. The lowest BCUT2D eigenvalue weighted by Crippen LogP contribution is -2.08. The van der Waals surface area contributed by atoms with Crippen LogP contribution in [-0.4, -0.2) is 27.2 Å². The molecule has 0 saturated carbocycles. The summed E-state index contributed by atoms with van der Waals surface area (Å²) in [5.74, 6) is -0.388. The number of carbonyl (C=O) groups excluding carboxylic acids is 1. The van der Waals surface area contributed by atoms with Crippen LogP contribution in [0.25, 0.3) is 11.7 Å². The number of nitrogens with zero attached hydrogens (tertiary/aromatic N) is 3. The Morgan fingerprint density at radius 3 is 2.72 bits per heavy atom. The van der Waals surface area contributed by atoms with E-state index in [2.05, 4.69) is 34.4 Å². The first-order valence-corrected chi connectivity index (χ1v) is 8.34. The first-order chi connectivity index (χ1) is 12.1. The molecule has 2 aromatic heterocycles. The Bertz CT molecular complexity index is 927. The number of aromatic nitrogens is 3. The van der Waals surface area contributed by atoms with E-state index in [4.69, 9.17) is 4.74 Å². The number of esters is 1. The van der Waals surface area contributed by atoms with Gasteiger partial charge in [-0.25, -0.2) is 14.3 Å². The molecule has 2 heterocycles.